The lowest BCUT2D eigenvalue weighted by atomic mass is 9.95. The molecule has 0 radical (unpaired) electrons. The molecule has 1 saturated heterocycles. The van der Waals surface area contributed by atoms with Crippen molar-refractivity contribution in [3.63, 3.8) is 0 Å². The van der Waals surface area contributed by atoms with Crippen molar-refractivity contribution in [2.75, 3.05) is 25.5 Å². The highest BCUT2D eigenvalue weighted by Gasteiger charge is 2.25. The molecule has 3 aromatic rings. The largest absolute Gasteiger partial charge is 0.497 e. The fourth-order valence-corrected chi connectivity index (χ4v) is 4.29. The lowest BCUT2D eigenvalue weighted by molar-refractivity contribution is -0.121. The maximum atomic E-state index is 13.0. The van der Waals surface area contributed by atoms with Gasteiger partial charge in [-0.05, 0) is 62.2 Å². The van der Waals surface area contributed by atoms with Crippen molar-refractivity contribution in [2.45, 2.75) is 26.3 Å². The lowest BCUT2D eigenvalue weighted by Crippen LogP contribution is -2.37. The number of likely N-dealkylation sites (tertiary alicyclic amines) is 1. The first-order valence-electron chi connectivity index (χ1n) is 10.9. The van der Waals surface area contributed by atoms with Gasteiger partial charge >= 0.3 is 0 Å². The topological polar surface area (TPSA) is 41.6 Å². The molecule has 1 aliphatic rings. The molecule has 1 N–H and O–H groups in total. The number of nitrogens with one attached hydrogen (secondary N) is 1. The Bertz CT molecular complexity index is 1040. The first-order chi connectivity index (χ1) is 15.1. The minimum absolute atomic E-state index is 0.0483. The van der Waals surface area contributed by atoms with Crippen LogP contribution in [0.3, 0.4) is 0 Å². The number of benzene rings is 3. The van der Waals surface area contributed by atoms with Crippen LogP contribution in [-0.4, -0.2) is 31.0 Å². The van der Waals surface area contributed by atoms with Crippen LogP contribution in [0.5, 0.6) is 5.75 Å². The zero-order valence-corrected chi connectivity index (χ0v) is 18.3. The maximum Gasteiger partial charge on any atom is 0.227 e. The van der Waals surface area contributed by atoms with Crippen LogP contribution in [0.2, 0.25) is 0 Å². The van der Waals surface area contributed by atoms with E-state index in [0.29, 0.717) is 0 Å². The van der Waals surface area contributed by atoms with Crippen LogP contribution in [-0.2, 0) is 11.3 Å². The van der Waals surface area contributed by atoms with Crippen LogP contribution in [0.15, 0.2) is 72.8 Å². The first-order valence-corrected chi connectivity index (χ1v) is 10.9. The highest BCUT2D eigenvalue weighted by molar-refractivity contribution is 5.96. The Hall–Kier alpha value is -3.11. The van der Waals surface area contributed by atoms with Crippen molar-refractivity contribution in [1.82, 2.24) is 4.90 Å². The van der Waals surface area contributed by atoms with Crippen LogP contribution < -0.4 is 10.1 Å². The van der Waals surface area contributed by atoms with Gasteiger partial charge in [-0.25, -0.2) is 0 Å². The van der Waals surface area contributed by atoms with Gasteiger partial charge in [0, 0.05) is 23.7 Å². The summed E-state index contributed by atoms with van der Waals surface area (Å²) in [6, 6.07) is 24.6. The second kappa shape index (κ2) is 9.80. The Morgan fingerprint density at radius 1 is 1.00 bits per heavy atom. The minimum Gasteiger partial charge on any atom is -0.497 e. The van der Waals surface area contributed by atoms with Gasteiger partial charge in [-0.2, -0.15) is 0 Å². The number of rotatable bonds is 6. The number of nitrogens with zero attached hydrogens (tertiary/aromatic N) is 1. The second-order valence-corrected chi connectivity index (χ2v) is 8.31. The normalized spacial score (nSPS) is 14.9. The van der Waals surface area contributed by atoms with E-state index in [1.54, 1.807) is 7.11 Å². The maximum absolute atomic E-state index is 13.0. The summed E-state index contributed by atoms with van der Waals surface area (Å²) in [5.74, 6) is 0.970. The van der Waals surface area contributed by atoms with Crippen molar-refractivity contribution in [2.24, 2.45) is 5.92 Å². The van der Waals surface area contributed by atoms with Crippen molar-refractivity contribution in [3.8, 4) is 16.9 Å². The monoisotopic (exact) mass is 414 g/mol. The summed E-state index contributed by atoms with van der Waals surface area (Å²) in [6.07, 6.45) is 1.78. The Balaban J connectivity index is 1.38. The number of piperidine rings is 1. The van der Waals surface area contributed by atoms with Gasteiger partial charge in [-0.15, -0.1) is 0 Å². The average molecular weight is 415 g/mol. The number of carbonyl (C=O) groups is 1. The molecule has 4 nitrogen and oxygen atoms in total. The van der Waals surface area contributed by atoms with Gasteiger partial charge in [0.15, 0.2) is 0 Å². The molecule has 1 aliphatic heterocycles. The van der Waals surface area contributed by atoms with E-state index < -0.39 is 0 Å². The fourth-order valence-electron chi connectivity index (χ4n) is 4.29. The molecule has 160 valence electrons. The summed E-state index contributed by atoms with van der Waals surface area (Å²) >= 11 is 0. The van der Waals surface area contributed by atoms with E-state index in [1.807, 2.05) is 48.5 Å². The molecule has 0 bridgehead atoms. The number of ether oxygens (including phenoxy) is 1. The molecule has 3 aromatic carbocycles. The molecular formula is C27H30N2O2. The lowest BCUT2D eigenvalue weighted by Gasteiger charge is -2.31. The Morgan fingerprint density at radius 3 is 2.55 bits per heavy atom. The number of hydrogen-bond donors (Lipinski definition) is 1. The van der Waals surface area contributed by atoms with Gasteiger partial charge < -0.3 is 10.1 Å². The summed E-state index contributed by atoms with van der Waals surface area (Å²) < 4.78 is 5.36. The summed E-state index contributed by atoms with van der Waals surface area (Å²) in [4.78, 5) is 15.5. The van der Waals surface area contributed by atoms with Crippen molar-refractivity contribution in [1.29, 1.82) is 0 Å². The Labute approximate surface area is 184 Å². The summed E-state index contributed by atoms with van der Waals surface area (Å²) in [5.41, 5.74) is 5.52. The van der Waals surface area contributed by atoms with Crippen LogP contribution in [0.25, 0.3) is 11.1 Å². The van der Waals surface area contributed by atoms with E-state index >= 15 is 0 Å². The Morgan fingerprint density at radius 2 is 1.77 bits per heavy atom. The first kappa shape index (κ1) is 21.1. The fraction of sp³-hybridized carbons (Fsp3) is 0.296. The van der Waals surface area contributed by atoms with Gasteiger partial charge in [0.05, 0.1) is 7.11 Å². The Kier molecular flexibility index (Phi) is 6.68. The molecule has 0 saturated carbocycles. The molecule has 0 atom stereocenters. The highest BCUT2D eigenvalue weighted by atomic mass is 16.5. The highest BCUT2D eigenvalue weighted by Crippen LogP contribution is 2.31. The van der Waals surface area contributed by atoms with E-state index in [4.69, 9.17) is 4.74 Å². The SMILES string of the molecule is COc1cccc(-c2ccccc2NC(=O)C2CCN(Cc3cccc(C)c3)CC2)c1. The van der Waals surface area contributed by atoms with Gasteiger partial charge in [-0.1, -0.05) is 60.2 Å². The van der Waals surface area contributed by atoms with Crippen LogP contribution in [0, 0.1) is 12.8 Å². The molecule has 1 amide bonds. The van der Waals surface area contributed by atoms with E-state index in [2.05, 4.69) is 41.4 Å². The zero-order valence-electron chi connectivity index (χ0n) is 18.3. The second-order valence-electron chi connectivity index (χ2n) is 8.31. The van der Waals surface area contributed by atoms with Gasteiger partial charge in [0.2, 0.25) is 5.91 Å². The van der Waals surface area contributed by atoms with Gasteiger partial charge in [0.25, 0.3) is 0 Å². The van der Waals surface area contributed by atoms with Crippen LogP contribution in [0.1, 0.15) is 24.0 Å². The molecule has 0 aliphatic carbocycles. The molecule has 0 aromatic heterocycles. The molecule has 0 unspecified atom stereocenters. The third-order valence-corrected chi connectivity index (χ3v) is 6.01. The number of amides is 1. The molecule has 0 spiro atoms. The molecule has 1 fully saturated rings. The van der Waals surface area contributed by atoms with E-state index in [1.165, 1.54) is 11.1 Å². The molecule has 31 heavy (non-hydrogen) atoms. The predicted molar refractivity (Wildman–Crippen MR) is 126 cm³/mol. The molecule has 4 heteroatoms. The molecular weight excluding hydrogens is 384 g/mol. The number of hydrogen-bond acceptors (Lipinski definition) is 3. The number of para-hydroxylation sites is 1. The van der Waals surface area contributed by atoms with Crippen molar-refractivity contribution in [3.05, 3.63) is 83.9 Å². The van der Waals surface area contributed by atoms with Crippen LogP contribution in [0.4, 0.5) is 5.69 Å². The number of anilines is 1. The zero-order chi connectivity index (χ0) is 21.6. The predicted octanol–water partition coefficient (Wildman–Crippen LogP) is 5.52. The van der Waals surface area contributed by atoms with Crippen LogP contribution >= 0.6 is 0 Å². The van der Waals surface area contributed by atoms with Crippen molar-refractivity contribution < 1.29 is 9.53 Å². The third kappa shape index (κ3) is 5.33. The van der Waals surface area contributed by atoms with E-state index in [9.17, 15) is 4.79 Å². The standard InChI is InChI=1S/C27H30N2O2/c1-20-7-5-8-21(17-20)19-29-15-13-22(14-16-29)27(30)28-26-12-4-3-11-25(26)23-9-6-10-24(18-23)31-2/h3-12,17-18,22H,13-16,19H2,1-2H3,(H,28,30). The smallest absolute Gasteiger partial charge is 0.227 e. The van der Waals surface area contributed by atoms with Gasteiger partial charge in [0.1, 0.15) is 5.75 Å². The van der Waals surface area contributed by atoms with Crippen molar-refractivity contribution >= 4 is 11.6 Å². The summed E-state index contributed by atoms with van der Waals surface area (Å²) in [5, 5.41) is 3.19. The number of carbonyl (C=O) groups excluding carboxylic acids is 1. The van der Waals surface area contributed by atoms with Gasteiger partial charge in [-0.3, -0.25) is 9.69 Å². The average Bonchev–Trinajstić information content (AvgIpc) is 2.80. The molecule has 4 rings (SSSR count). The summed E-state index contributed by atoms with van der Waals surface area (Å²) in [7, 11) is 1.66. The third-order valence-electron chi connectivity index (χ3n) is 6.01. The molecule has 1 heterocycles. The number of methoxy groups -OCH3 is 1. The quantitative estimate of drug-likeness (QED) is 0.577. The van der Waals surface area contributed by atoms with E-state index in [0.717, 1.165) is 55.0 Å². The van der Waals surface area contributed by atoms with E-state index in [-0.39, 0.29) is 11.8 Å². The summed E-state index contributed by atoms with van der Waals surface area (Å²) in [6.45, 7) is 4.98. The minimum atomic E-state index is 0.0483. The number of aryl methyl sites for hydroxylation is 1.